The zero-order chi connectivity index (χ0) is 12.7. The second kappa shape index (κ2) is 6.88. The van der Waals surface area contributed by atoms with Gasteiger partial charge < -0.3 is 15.2 Å². The van der Waals surface area contributed by atoms with E-state index in [4.69, 9.17) is 16.7 Å². The van der Waals surface area contributed by atoms with Crippen molar-refractivity contribution >= 4 is 23.5 Å². The summed E-state index contributed by atoms with van der Waals surface area (Å²) in [4.78, 5) is 21.4. The van der Waals surface area contributed by atoms with E-state index in [1.807, 2.05) is 6.07 Å². The highest BCUT2D eigenvalue weighted by Gasteiger charge is 2.05. The average molecular weight is 258 g/mol. The summed E-state index contributed by atoms with van der Waals surface area (Å²) >= 11 is 5.89. The molecule has 0 spiro atoms. The van der Waals surface area contributed by atoms with Crippen LogP contribution in [0.4, 0.5) is 0 Å². The number of carbonyl (C=O) groups excluding carboxylic acids is 1. The molecule has 1 rings (SSSR count). The minimum absolute atomic E-state index is 0.281. The van der Waals surface area contributed by atoms with Gasteiger partial charge in [0.1, 0.15) is 13.2 Å². The minimum Gasteiger partial charge on any atom is -0.480 e. The number of halogens is 1. The predicted molar refractivity (Wildman–Crippen MR) is 61.8 cm³/mol. The van der Waals surface area contributed by atoms with Crippen molar-refractivity contribution in [1.82, 2.24) is 5.32 Å². The zero-order valence-electron chi connectivity index (χ0n) is 8.98. The van der Waals surface area contributed by atoms with Crippen LogP contribution in [-0.4, -0.2) is 30.2 Å². The van der Waals surface area contributed by atoms with E-state index >= 15 is 0 Å². The molecule has 0 aliphatic heterocycles. The lowest BCUT2D eigenvalue weighted by Gasteiger charge is -2.06. The van der Waals surface area contributed by atoms with Crippen LogP contribution in [0.5, 0.6) is 0 Å². The molecule has 0 aliphatic carbocycles. The van der Waals surface area contributed by atoms with Crippen LogP contribution in [0.3, 0.4) is 0 Å². The molecular weight excluding hydrogens is 246 g/mol. The van der Waals surface area contributed by atoms with Crippen molar-refractivity contribution in [1.29, 1.82) is 0 Å². The smallest absolute Gasteiger partial charge is 0.329 e. The zero-order valence-corrected chi connectivity index (χ0v) is 9.74. The number of hydrogen-bond acceptors (Lipinski definition) is 3. The fourth-order valence-corrected chi connectivity index (χ4v) is 1.32. The summed E-state index contributed by atoms with van der Waals surface area (Å²) in [6.45, 7) is -0.481. The van der Waals surface area contributed by atoms with Crippen molar-refractivity contribution < 1.29 is 19.4 Å². The van der Waals surface area contributed by atoms with Gasteiger partial charge >= 0.3 is 5.97 Å². The molecule has 0 saturated heterocycles. The van der Waals surface area contributed by atoms with Gasteiger partial charge in [0.05, 0.1) is 0 Å². The average Bonchev–Trinajstić information content (AvgIpc) is 2.27. The molecule has 0 radical (unpaired) electrons. The number of benzene rings is 1. The Bertz CT molecular complexity index is 408. The molecule has 6 heteroatoms. The van der Waals surface area contributed by atoms with Crippen molar-refractivity contribution in [2.24, 2.45) is 0 Å². The summed E-state index contributed by atoms with van der Waals surface area (Å²) in [6, 6.07) is 7.13. The maximum absolute atomic E-state index is 11.2. The number of rotatable bonds is 6. The predicted octanol–water partition coefficient (Wildman–Crippen LogP) is 1.06. The molecule has 0 unspecified atom stereocenters. The number of carboxylic acid groups (broad SMARTS) is 1. The molecule has 92 valence electrons. The maximum Gasteiger partial charge on any atom is 0.329 e. The minimum atomic E-state index is -1.11. The van der Waals surface area contributed by atoms with Gasteiger partial charge in [0, 0.05) is 11.6 Å². The number of carbonyl (C=O) groups is 2. The Morgan fingerprint density at radius 1 is 1.29 bits per heavy atom. The van der Waals surface area contributed by atoms with Gasteiger partial charge in [-0.15, -0.1) is 0 Å². The summed E-state index contributed by atoms with van der Waals surface area (Å²) in [7, 11) is 0. The Labute approximate surface area is 103 Å². The molecule has 0 atom stereocenters. The second-order valence-electron chi connectivity index (χ2n) is 3.25. The van der Waals surface area contributed by atoms with E-state index in [0.717, 1.165) is 5.56 Å². The fourth-order valence-electron chi connectivity index (χ4n) is 1.12. The number of nitrogens with one attached hydrogen (secondary N) is 1. The van der Waals surface area contributed by atoms with Crippen molar-refractivity contribution in [3.05, 3.63) is 34.9 Å². The van der Waals surface area contributed by atoms with Crippen LogP contribution in [0.25, 0.3) is 0 Å². The van der Waals surface area contributed by atoms with E-state index in [1.165, 1.54) is 0 Å². The van der Waals surface area contributed by atoms with E-state index in [1.54, 1.807) is 18.2 Å². The van der Waals surface area contributed by atoms with Crippen molar-refractivity contribution in [2.75, 3.05) is 13.2 Å². The van der Waals surface area contributed by atoms with Crippen LogP contribution >= 0.6 is 11.6 Å². The number of amides is 1. The molecule has 0 saturated carbocycles. The molecule has 2 N–H and O–H groups in total. The van der Waals surface area contributed by atoms with Gasteiger partial charge in [0.25, 0.3) is 0 Å². The molecule has 0 bridgehead atoms. The summed E-state index contributed by atoms with van der Waals surface area (Å²) in [5.74, 6) is -1.49. The van der Waals surface area contributed by atoms with Crippen LogP contribution in [0.2, 0.25) is 5.02 Å². The van der Waals surface area contributed by atoms with Gasteiger partial charge in [0.15, 0.2) is 0 Å². The monoisotopic (exact) mass is 257 g/mol. The highest BCUT2D eigenvalue weighted by molar-refractivity contribution is 6.31. The Balaban J connectivity index is 2.29. The third-order valence-electron chi connectivity index (χ3n) is 1.89. The van der Waals surface area contributed by atoms with Crippen LogP contribution in [0, 0.1) is 0 Å². The Morgan fingerprint density at radius 2 is 2.00 bits per heavy atom. The second-order valence-corrected chi connectivity index (χ2v) is 3.66. The van der Waals surface area contributed by atoms with E-state index in [9.17, 15) is 9.59 Å². The maximum atomic E-state index is 11.2. The summed E-state index contributed by atoms with van der Waals surface area (Å²) < 4.78 is 4.63. The van der Waals surface area contributed by atoms with Crippen molar-refractivity contribution in [3.63, 3.8) is 0 Å². The van der Waals surface area contributed by atoms with Crippen LogP contribution < -0.4 is 5.32 Å². The molecule has 17 heavy (non-hydrogen) atoms. The normalized spacial score (nSPS) is 9.94. The first-order valence-corrected chi connectivity index (χ1v) is 5.27. The van der Waals surface area contributed by atoms with Crippen molar-refractivity contribution in [3.8, 4) is 0 Å². The topological polar surface area (TPSA) is 75.6 Å². The Morgan fingerprint density at radius 3 is 2.65 bits per heavy atom. The van der Waals surface area contributed by atoms with Crippen molar-refractivity contribution in [2.45, 2.75) is 6.54 Å². The molecule has 1 aromatic carbocycles. The molecular formula is C11H12ClNO4. The highest BCUT2D eigenvalue weighted by atomic mass is 35.5. The molecule has 5 nitrogen and oxygen atoms in total. The third-order valence-corrected chi connectivity index (χ3v) is 2.26. The molecule has 0 aromatic heterocycles. The number of hydrogen-bond donors (Lipinski definition) is 2. The van der Waals surface area contributed by atoms with E-state index in [2.05, 4.69) is 10.1 Å². The first kappa shape index (κ1) is 13.5. The van der Waals surface area contributed by atoms with Crippen LogP contribution in [0.15, 0.2) is 24.3 Å². The first-order chi connectivity index (χ1) is 8.09. The van der Waals surface area contributed by atoms with Gasteiger partial charge in [-0.1, -0.05) is 29.8 Å². The van der Waals surface area contributed by atoms with Crippen LogP contribution in [0.1, 0.15) is 5.56 Å². The molecule has 1 amide bonds. The molecule has 1 aromatic rings. The lowest BCUT2D eigenvalue weighted by atomic mass is 10.2. The third kappa shape index (κ3) is 5.33. The van der Waals surface area contributed by atoms with Gasteiger partial charge in [-0.05, 0) is 11.6 Å². The Kier molecular flexibility index (Phi) is 5.45. The summed E-state index contributed by atoms with van der Waals surface area (Å²) in [5.41, 5.74) is 0.792. The SMILES string of the molecule is O=C(O)COCC(=O)NCc1ccccc1Cl. The fraction of sp³-hybridized carbons (Fsp3) is 0.273. The van der Waals surface area contributed by atoms with Gasteiger partial charge in [-0.2, -0.15) is 0 Å². The Hall–Kier alpha value is -1.59. The highest BCUT2D eigenvalue weighted by Crippen LogP contribution is 2.13. The summed E-state index contributed by atoms with van der Waals surface area (Å²) in [5, 5.41) is 11.4. The van der Waals surface area contributed by atoms with E-state index in [0.29, 0.717) is 5.02 Å². The lowest BCUT2D eigenvalue weighted by molar-refractivity contribution is -0.143. The quantitative estimate of drug-likeness (QED) is 0.799. The standard InChI is InChI=1S/C11H12ClNO4/c12-9-4-2-1-3-8(9)5-13-10(14)6-17-7-11(15)16/h1-4H,5-7H2,(H,13,14)(H,15,16). The number of carboxylic acids is 1. The van der Waals surface area contributed by atoms with Crippen LogP contribution in [-0.2, 0) is 20.9 Å². The lowest BCUT2D eigenvalue weighted by Crippen LogP contribution is -2.28. The number of aliphatic carboxylic acids is 1. The van der Waals surface area contributed by atoms with E-state index in [-0.39, 0.29) is 19.1 Å². The summed E-state index contributed by atoms with van der Waals surface area (Å²) in [6.07, 6.45) is 0. The number of ether oxygens (including phenoxy) is 1. The van der Waals surface area contributed by atoms with Gasteiger partial charge in [0.2, 0.25) is 5.91 Å². The molecule has 0 heterocycles. The molecule has 0 fully saturated rings. The van der Waals surface area contributed by atoms with Gasteiger partial charge in [-0.3, -0.25) is 4.79 Å². The first-order valence-electron chi connectivity index (χ1n) is 4.89. The largest absolute Gasteiger partial charge is 0.480 e. The van der Waals surface area contributed by atoms with E-state index < -0.39 is 12.6 Å². The molecule has 0 aliphatic rings. The van der Waals surface area contributed by atoms with Gasteiger partial charge in [-0.25, -0.2) is 4.79 Å².